The molecule has 0 spiro atoms. The zero-order chi connectivity index (χ0) is 13.2. The molecule has 0 radical (unpaired) electrons. The molecule has 0 bridgehead atoms. The topological polar surface area (TPSA) is 38.5 Å². The molecule has 1 aliphatic carbocycles. The minimum atomic E-state index is 0.792. The molecule has 1 aromatic carbocycles. The summed E-state index contributed by atoms with van der Waals surface area (Å²) in [4.78, 5) is 2.64. The Morgan fingerprint density at radius 2 is 2.11 bits per heavy atom. The van der Waals surface area contributed by atoms with E-state index in [4.69, 9.17) is 10.5 Å². The molecule has 3 heteroatoms. The van der Waals surface area contributed by atoms with Gasteiger partial charge in [0, 0.05) is 23.8 Å². The van der Waals surface area contributed by atoms with Gasteiger partial charge in [0.1, 0.15) is 5.75 Å². The zero-order valence-electron chi connectivity index (χ0n) is 11.8. The fourth-order valence-corrected chi connectivity index (χ4v) is 3.84. The first-order chi connectivity index (χ1) is 9.28. The van der Waals surface area contributed by atoms with Crippen LogP contribution in [0.5, 0.6) is 5.75 Å². The van der Waals surface area contributed by atoms with Gasteiger partial charge in [0.25, 0.3) is 0 Å². The molecule has 1 heterocycles. The Kier molecular flexibility index (Phi) is 3.65. The second kappa shape index (κ2) is 5.41. The number of nitrogens with zero attached hydrogens (tertiary/aromatic N) is 1. The lowest BCUT2D eigenvalue weighted by atomic mass is 9.85. The van der Waals surface area contributed by atoms with Crippen LogP contribution in [0.2, 0.25) is 0 Å². The highest BCUT2D eigenvalue weighted by Gasteiger charge is 2.35. The molecule has 2 atom stereocenters. The minimum Gasteiger partial charge on any atom is -0.496 e. The van der Waals surface area contributed by atoms with Crippen LogP contribution in [-0.2, 0) is 6.54 Å². The number of fused-ring (bicyclic) bond motifs is 1. The van der Waals surface area contributed by atoms with Gasteiger partial charge in [-0.05, 0) is 49.9 Å². The summed E-state index contributed by atoms with van der Waals surface area (Å²) in [6, 6.07) is 6.75. The second-order valence-corrected chi connectivity index (χ2v) is 5.94. The van der Waals surface area contributed by atoms with E-state index in [2.05, 4.69) is 11.0 Å². The molecule has 3 rings (SSSR count). The molecule has 1 aliphatic heterocycles. The van der Waals surface area contributed by atoms with Crippen molar-refractivity contribution in [3.8, 4) is 5.75 Å². The predicted octanol–water partition coefficient (Wildman–Crippen LogP) is 3.04. The molecule has 0 aromatic heterocycles. The summed E-state index contributed by atoms with van der Waals surface area (Å²) in [5.41, 5.74) is 7.97. The third-order valence-corrected chi connectivity index (χ3v) is 4.80. The van der Waals surface area contributed by atoms with Gasteiger partial charge < -0.3 is 10.5 Å². The highest BCUT2D eigenvalue weighted by atomic mass is 16.5. The number of rotatable bonds is 3. The highest BCUT2D eigenvalue weighted by Crippen LogP contribution is 2.37. The van der Waals surface area contributed by atoms with E-state index in [1.165, 1.54) is 44.2 Å². The van der Waals surface area contributed by atoms with E-state index in [1.54, 1.807) is 7.11 Å². The van der Waals surface area contributed by atoms with Gasteiger partial charge in [-0.2, -0.15) is 0 Å². The quantitative estimate of drug-likeness (QED) is 0.849. The van der Waals surface area contributed by atoms with E-state index in [-0.39, 0.29) is 0 Å². The summed E-state index contributed by atoms with van der Waals surface area (Å²) < 4.78 is 5.46. The number of hydrogen-bond acceptors (Lipinski definition) is 3. The van der Waals surface area contributed by atoms with Crippen molar-refractivity contribution in [2.45, 2.75) is 44.7 Å². The summed E-state index contributed by atoms with van der Waals surface area (Å²) in [6.45, 7) is 2.21. The average Bonchev–Trinajstić information content (AvgIpc) is 2.83. The number of likely N-dealkylation sites (tertiary alicyclic amines) is 1. The molecule has 1 saturated carbocycles. The lowest BCUT2D eigenvalue weighted by Crippen LogP contribution is -2.34. The van der Waals surface area contributed by atoms with Crippen LogP contribution < -0.4 is 10.5 Å². The van der Waals surface area contributed by atoms with Crippen molar-refractivity contribution in [2.24, 2.45) is 5.92 Å². The molecule has 2 fully saturated rings. The number of ether oxygens (including phenoxy) is 1. The summed E-state index contributed by atoms with van der Waals surface area (Å²) in [5, 5.41) is 0. The largest absolute Gasteiger partial charge is 0.496 e. The molecule has 0 amide bonds. The SMILES string of the molecule is COc1ccc(N)cc1CN1CCC2CCCCC21. The Morgan fingerprint density at radius 1 is 1.26 bits per heavy atom. The molecule has 2 unspecified atom stereocenters. The fraction of sp³-hybridized carbons (Fsp3) is 0.625. The monoisotopic (exact) mass is 260 g/mol. The normalized spacial score (nSPS) is 27.2. The van der Waals surface area contributed by atoms with Crippen LogP contribution in [0, 0.1) is 5.92 Å². The van der Waals surface area contributed by atoms with Crippen molar-refractivity contribution < 1.29 is 4.74 Å². The van der Waals surface area contributed by atoms with Crippen molar-refractivity contribution in [1.29, 1.82) is 0 Å². The third kappa shape index (κ3) is 2.57. The second-order valence-electron chi connectivity index (χ2n) is 5.94. The van der Waals surface area contributed by atoms with Gasteiger partial charge in [0.15, 0.2) is 0 Å². The first-order valence-corrected chi connectivity index (χ1v) is 7.44. The Balaban J connectivity index is 1.76. The van der Waals surface area contributed by atoms with Crippen molar-refractivity contribution in [3.63, 3.8) is 0 Å². The van der Waals surface area contributed by atoms with Crippen LogP contribution in [0.25, 0.3) is 0 Å². The molecule has 3 nitrogen and oxygen atoms in total. The number of benzene rings is 1. The smallest absolute Gasteiger partial charge is 0.123 e. The first-order valence-electron chi connectivity index (χ1n) is 7.44. The Bertz CT molecular complexity index is 446. The number of anilines is 1. The molecule has 19 heavy (non-hydrogen) atoms. The maximum absolute atomic E-state index is 5.91. The van der Waals surface area contributed by atoms with Gasteiger partial charge in [-0.3, -0.25) is 4.90 Å². The summed E-state index contributed by atoms with van der Waals surface area (Å²) in [5.74, 6) is 1.90. The first kappa shape index (κ1) is 12.8. The lowest BCUT2D eigenvalue weighted by Gasteiger charge is -2.32. The van der Waals surface area contributed by atoms with Crippen LogP contribution >= 0.6 is 0 Å². The van der Waals surface area contributed by atoms with Crippen LogP contribution in [0.1, 0.15) is 37.7 Å². The lowest BCUT2D eigenvalue weighted by molar-refractivity contribution is 0.174. The molecule has 1 saturated heterocycles. The minimum absolute atomic E-state index is 0.792. The molecular formula is C16H24N2O. The molecule has 2 N–H and O–H groups in total. The highest BCUT2D eigenvalue weighted by molar-refractivity contribution is 5.47. The number of hydrogen-bond donors (Lipinski definition) is 1. The maximum Gasteiger partial charge on any atom is 0.123 e. The summed E-state index contributed by atoms with van der Waals surface area (Å²) in [6.07, 6.45) is 6.99. The van der Waals surface area contributed by atoms with Crippen molar-refractivity contribution in [1.82, 2.24) is 4.90 Å². The predicted molar refractivity (Wildman–Crippen MR) is 78.2 cm³/mol. The zero-order valence-corrected chi connectivity index (χ0v) is 11.8. The Morgan fingerprint density at radius 3 is 2.95 bits per heavy atom. The summed E-state index contributed by atoms with van der Waals surface area (Å²) >= 11 is 0. The summed E-state index contributed by atoms with van der Waals surface area (Å²) in [7, 11) is 1.74. The number of nitrogens with two attached hydrogens (primary N) is 1. The van der Waals surface area contributed by atoms with Gasteiger partial charge in [-0.25, -0.2) is 0 Å². The molecule has 104 valence electrons. The Labute approximate surface area is 115 Å². The van der Waals surface area contributed by atoms with Crippen LogP contribution in [0.4, 0.5) is 5.69 Å². The van der Waals surface area contributed by atoms with Crippen molar-refractivity contribution in [3.05, 3.63) is 23.8 Å². The number of nitrogen functional groups attached to an aromatic ring is 1. The van der Waals surface area contributed by atoms with E-state index in [9.17, 15) is 0 Å². The standard InChI is InChI=1S/C16H24N2O/c1-19-16-7-6-14(17)10-13(16)11-18-9-8-12-4-2-3-5-15(12)18/h6-7,10,12,15H,2-5,8-9,11,17H2,1H3. The van der Waals surface area contributed by atoms with Crippen LogP contribution in [-0.4, -0.2) is 24.6 Å². The van der Waals surface area contributed by atoms with Gasteiger partial charge >= 0.3 is 0 Å². The Hall–Kier alpha value is -1.22. The molecule has 1 aromatic rings. The van der Waals surface area contributed by atoms with Gasteiger partial charge in [0.2, 0.25) is 0 Å². The van der Waals surface area contributed by atoms with E-state index in [1.807, 2.05) is 12.1 Å². The fourth-order valence-electron chi connectivity index (χ4n) is 3.84. The van der Waals surface area contributed by atoms with Crippen molar-refractivity contribution in [2.75, 3.05) is 19.4 Å². The average molecular weight is 260 g/mol. The number of methoxy groups -OCH3 is 1. The van der Waals surface area contributed by atoms with Crippen LogP contribution in [0.15, 0.2) is 18.2 Å². The van der Waals surface area contributed by atoms with Gasteiger partial charge in [0.05, 0.1) is 7.11 Å². The van der Waals surface area contributed by atoms with Gasteiger partial charge in [-0.1, -0.05) is 12.8 Å². The van der Waals surface area contributed by atoms with Crippen LogP contribution in [0.3, 0.4) is 0 Å². The third-order valence-electron chi connectivity index (χ3n) is 4.80. The van der Waals surface area contributed by atoms with E-state index >= 15 is 0 Å². The van der Waals surface area contributed by atoms with Crippen molar-refractivity contribution >= 4 is 5.69 Å². The molecular weight excluding hydrogens is 236 g/mol. The molecule has 2 aliphatic rings. The van der Waals surface area contributed by atoms with E-state index in [0.29, 0.717) is 0 Å². The van der Waals surface area contributed by atoms with E-state index in [0.717, 1.165) is 29.9 Å². The van der Waals surface area contributed by atoms with Gasteiger partial charge in [-0.15, -0.1) is 0 Å². The maximum atomic E-state index is 5.91. The van der Waals surface area contributed by atoms with E-state index < -0.39 is 0 Å².